The molecule has 0 saturated carbocycles. The zero-order valence-corrected chi connectivity index (χ0v) is 18.9. The lowest BCUT2D eigenvalue weighted by Crippen LogP contribution is -2.51. The summed E-state index contributed by atoms with van der Waals surface area (Å²) in [4.78, 5) is 26.9. The molecule has 8 nitrogen and oxygen atoms in total. The molecule has 10 heteroatoms. The molecular formula is C22H22ClN3O5S. The number of aromatic nitrogens is 1. The maximum atomic E-state index is 13.1. The van der Waals surface area contributed by atoms with Gasteiger partial charge in [-0.15, -0.1) is 0 Å². The highest BCUT2D eigenvalue weighted by Crippen LogP contribution is 2.27. The fraction of sp³-hybridized carbons (Fsp3) is 0.364. The molecule has 32 heavy (non-hydrogen) atoms. The second-order valence-electron chi connectivity index (χ2n) is 8.14. The van der Waals surface area contributed by atoms with Crippen molar-refractivity contribution in [1.29, 1.82) is 0 Å². The number of fused-ring (bicyclic) bond motifs is 2. The zero-order chi connectivity index (χ0) is 22.5. The summed E-state index contributed by atoms with van der Waals surface area (Å²) >= 11 is 5.93. The van der Waals surface area contributed by atoms with E-state index in [1.807, 2.05) is 6.07 Å². The summed E-state index contributed by atoms with van der Waals surface area (Å²) in [5.74, 6) is -0.896. The number of rotatable bonds is 4. The van der Waals surface area contributed by atoms with Gasteiger partial charge in [0.2, 0.25) is 15.9 Å². The number of nitrogens with zero attached hydrogens (tertiary/aromatic N) is 3. The Morgan fingerprint density at radius 3 is 2.53 bits per heavy atom. The Morgan fingerprint density at radius 2 is 1.75 bits per heavy atom. The number of benzene rings is 2. The first-order valence-corrected chi connectivity index (χ1v) is 12.3. The lowest BCUT2D eigenvalue weighted by Gasteiger charge is -2.34. The Bertz CT molecular complexity index is 1370. The van der Waals surface area contributed by atoms with Gasteiger partial charge in [0.25, 0.3) is 0 Å². The largest absolute Gasteiger partial charge is 0.420 e. The van der Waals surface area contributed by atoms with Crippen LogP contribution >= 0.6 is 11.6 Å². The van der Waals surface area contributed by atoms with E-state index in [9.17, 15) is 18.0 Å². The van der Waals surface area contributed by atoms with Gasteiger partial charge in [-0.2, -0.15) is 4.31 Å². The van der Waals surface area contributed by atoms with E-state index in [1.165, 1.54) is 20.5 Å². The van der Waals surface area contributed by atoms with Gasteiger partial charge in [-0.3, -0.25) is 9.36 Å². The summed E-state index contributed by atoms with van der Waals surface area (Å²) < 4.78 is 34.1. The molecule has 3 aromatic rings. The van der Waals surface area contributed by atoms with E-state index >= 15 is 0 Å². The van der Waals surface area contributed by atoms with E-state index < -0.39 is 15.8 Å². The molecule has 1 aliphatic carbocycles. The van der Waals surface area contributed by atoms with Crippen LogP contribution in [0.15, 0.2) is 50.5 Å². The van der Waals surface area contributed by atoms with Gasteiger partial charge in [-0.25, -0.2) is 13.2 Å². The van der Waals surface area contributed by atoms with Crippen molar-refractivity contribution in [2.24, 2.45) is 0 Å². The van der Waals surface area contributed by atoms with E-state index in [-0.39, 0.29) is 38.6 Å². The topological polar surface area (TPSA) is 92.8 Å². The highest BCUT2D eigenvalue weighted by atomic mass is 35.5. The summed E-state index contributed by atoms with van der Waals surface area (Å²) in [6.45, 7) is 0.771. The average molecular weight is 476 g/mol. The summed E-state index contributed by atoms with van der Waals surface area (Å²) in [7, 11) is -3.61. The summed E-state index contributed by atoms with van der Waals surface area (Å²) in [5, 5.41) is 0.436. The first-order valence-electron chi connectivity index (χ1n) is 10.5. The second-order valence-corrected chi connectivity index (χ2v) is 10.5. The van der Waals surface area contributed by atoms with E-state index in [4.69, 9.17) is 16.0 Å². The predicted octanol–water partition coefficient (Wildman–Crippen LogP) is 2.27. The van der Waals surface area contributed by atoms with Gasteiger partial charge in [-0.1, -0.05) is 17.7 Å². The lowest BCUT2D eigenvalue weighted by atomic mass is 10.1. The van der Waals surface area contributed by atoms with E-state index in [1.54, 1.807) is 29.2 Å². The number of halogens is 1. The molecule has 0 atom stereocenters. The van der Waals surface area contributed by atoms with Crippen molar-refractivity contribution in [2.75, 3.05) is 26.2 Å². The SMILES string of the molecule is O=C(Cn1c(=O)oc2cc(Cl)ccc21)N1CCN(S(=O)(=O)c2ccc3c(c2)CCC3)CC1. The van der Waals surface area contributed by atoms with Crippen LogP contribution in [0.5, 0.6) is 0 Å². The van der Waals surface area contributed by atoms with Crippen LogP contribution < -0.4 is 5.76 Å². The van der Waals surface area contributed by atoms with Gasteiger partial charge in [0.1, 0.15) is 6.54 Å². The first-order chi connectivity index (χ1) is 15.3. The van der Waals surface area contributed by atoms with Crippen molar-refractivity contribution in [3.63, 3.8) is 0 Å². The molecule has 0 bridgehead atoms. The Balaban J connectivity index is 1.27. The normalized spacial score (nSPS) is 17.1. The Morgan fingerprint density at radius 1 is 1.00 bits per heavy atom. The number of hydrogen-bond donors (Lipinski definition) is 0. The Labute approximate surface area is 190 Å². The molecule has 0 spiro atoms. The number of amides is 1. The summed E-state index contributed by atoms with van der Waals surface area (Å²) in [6, 6.07) is 10.2. The molecule has 1 aliphatic heterocycles. The first kappa shape index (κ1) is 21.2. The van der Waals surface area contributed by atoms with Crippen LogP contribution in [0.2, 0.25) is 5.02 Å². The van der Waals surface area contributed by atoms with Crippen molar-refractivity contribution in [2.45, 2.75) is 30.7 Å². The molecule has 168 valence electrons. The minimum atomic E-state index is -3.61. The van der Waals surface area contributed by atoms with Crippen LogP contribution in [0.4, 0.5) is 0 Å². The van der Waals surface area contributed by atoms with Gasteiger partial charge in [-0.05, 0) is 54.7 Å². The second kappa shape index (κ2) is 8.06. The smallest absolute Gasteiger partial charge is 0.408 e. The Hall–Kier alpha value is -2.62. The summed E-state index contributed by atoms with van der Waals surface area (Å²) in [6.07, 6.45) is 2.97. The van der Waals surface area contributed by atoms with Crippen molar-refractivity contribution in [3.05, 3.63) is 63.1 Å². The molecule has 2 aromatic carbocycles. The third kappa shape index (κ3) is 3.74. The molecule has 1 saturated heterocycles. The number of carbonyl (C=O) groups is 1. The number of sulfonamides is 1. The molecule has 1 amide bonds. The minimum Gasteiger partial charge on any atom is -0.408 e. The fourth-order valence-electron chi connectivity index (χ4n) is 4.46. The lowest BCUT2D eigenvalue weighted by molar-refractivity contribution is -0.133. The van der Waals surface area contributed by atoms with Crippen LogP contribution in [0.25, 0.3) is 11.1 Å². The van der Waals surface area contributed by atoms with E-state index in [0.717, 1.165) is 24.8 Å². The molecule has 0 radical (unpaired) electrons. The Kier molecular flexibility index (Phi) is 5.35. The van der Waals surface area contributed by atoms with Gasteiger partial charge < -0.3 is 9.32 Å². The number of oxazole rings is 1. The van der Waals surface area contributed by atoms with Crippen molar-refractivity contribution < 1.29 is 17.6 Å². The van der Waals surface area contributed by atoms with Crippen LogP contribution in [0.3, 0.4) is 0 Å². The quantitative estimate of drug-likeness (QED) is 0.577. The maximum Gasteiger partial charge on any atom is 0.420 e. The van der Waals surface area contributed by atoms with Crippen molar-refractivity contribution >= 4 is 38.6 Å². The van der Waals surface area contributed by atoms with E-state index in [2.05, 4.69) is 0 Å². The summed E-state index contributed by atoms with van der Waals surface area (Å²) in [5.41, 5.74) is 3.15. The van der Waals surface area contributed by atoms with Crippen LogP contribution in [0, 0.1) is 0 Å². The number of carbonyl (C=O) groups excluding carboxylic acids is 1. The molecule has 5 rings (SSSR count). The molecule has 2 heterocycles. The van der Waals surface area contributed by atoms with Gasteiger partial charge in [0.15, 0.2) is 5.58 Å². The fourth-order valence-corrected chi connectivity index (χ4v) is 6.10. The minimum absolute atomic E-state index is 0.176. The third-order valence-corrected chi connectivity index (χ3v) is 8.35. The third-order valence-electron chi connectivity index (χ3n) is 6.22. The highest BCUT2D eigenvalue weighted by molar-refractivity contribution is 7.89. The van der Waals surface area contributed by atoms with Crippen LogP contribution in [-0.2, 0) is 34.2 Å². The van der Waals surface area contributed by atoms with E-state index in [0.29, 0.717) is 21.0 Å². The molecular weight excluding hydrogens is 454 g/mol. The van der Waals surface area contributed by atoms with Gasteiger partial charge in [0.05, 0.1) is 10.4 Å². The van der Waals surface area contributed by atoms with Crippen molar-refractivity contribution in [3.8, 4) is 0 Å². The predicted molar refractivity (Wildman–Crippen MR) is 119 cm³/mol. The number of hydrogen-bond acceptors (Lipinski definition) is 5. The molecule has 1 fully saturated rings. The van der Waals surface area contributed by atoms with Gasteiger partial charge in [0, 0.05) is 37.3 Å². The molecule has 1 aromatic heterocycles. The average Bonchev–Trinajstić information content (AvgIpc) is 3.37. The van der Waals surface area contributed by atoms with Crippen LogP contribution in [0.1, 0.15) is 17.5 Å². The monoisotopic (exact) mass is 475 g/mol. The number of aryl methyl sites for hydroxylation is 2. The maximum absolute atomic E-state index is 13.1. The zero-order valence-electron chi connectivity index (χ0n) is 17.3. The number of piperazine rings is 1. The highest BCUT2D eigenvalue weighted by Gasteiger charge is 2.31. The van der Waals surface area contributed by atoms with Crippen molar-refractivity contribution in [1.82, 2.24) is 13.8 Å². The van der Waals surface area contributed by atoms with Crippen LogP contribution in [-0.4, -0.2) is 54.3 Å². The standard InChI is InChI=1S/C22H22ClN3O5S/c23-17-5-7-19-20(13-17)31-22(28)26(19)14-21(27)24-8-10-25(11-9-24)32(29,30)18-6-4-15-2-1-3-16(15)12-18/h4-7,12-13H,1-3,8-11,14H2. The van der Waals surface area contributed by atoms with Gasteiger partial charge >= 0.3 is 5.76 Å². The molecule has 0 unspecified atom stereocenters. The molecule has 0 N–H and O–H groups in total. The molecule has 2 aliphatic rings.